The molecule has 1 N–H and O–H groups in total. The molecular weight excluding hydrogens is 394 g/mol. The molecule has 9 heteroatoms. The molecule has 162 valence electrons. The highest BCUT2D eigenvalue weighted by molar-refractivity contribution is 7.99. The van der Waals surface area contributed by atoms with E-state index in [0.717, 1.165) is 11.3 Å². The molecule has 1 spiro atoms. The second-order valence-corrected chi connectivity index (χ2v) is 10.3. The number of nitrogens with zero attached hydrogens (tertiary/aromatic N) is 2. The third-order valence-corrected chi connectivity index (χ3v) is 6.95. The molecule has 1 saturated carbocycles. The van der Waals surface area contributed by atoms with E-state index in [9.17, 15) is 19.2 Å². The van der Waals surface area contributed by atoms with Gasteiger partial charge in [0.25, 0.3) is 5.91 Å². The summed E-state index contributed by atoms with van der Waals surface area (Å²) < 4.78 is 5.09. The maximum absolute atomic E-state index is 13.2. The largest absolute Gasteiger partial charge is 0.464 e. The van der Waals surface area contributed by atoms with Crippen LogP contribution in [0.5, 0.6) is 0 Å². The number of ether oxygens (including phenoxy) is 1. The van der Waals surface area contributed by atoms with Crippen LogP contribution in [0.1, 0.15) is 47.0 Å². The van der Waals surface area contributed by atoms with E-state index in [1.807, 2.05) is 0 Å². The van der Waals surface area contributed by atoms with Crippen LogP contribution in [-0.4, -0.2) is 76.4 Å². The van der Waals surface area contributed by atoms with Crippen LogP contribution in [0.2, 0.25) is 0 Å². The lowest BCUT2D eigenvalue weighted by molar-refractivity contribution is -0.154. The van der Waals surface area contributed by atoms with Gasteiger partial charge in [-0.25, -0.2) is 9.59 Å². The number of hydrogen-bond acceptors (Lipinski definition) is 6. The van der Waals surface area contributed by atoms with E-state index in [0.29, 0.717) is 36.8 Å². The SMILES string of the molecule is CCOC(=O)C1CSCCN1C(=O)CN1C(=O)NC2(CC(C)CC(C)(C)C2)C1=O. The summed E-state index contributed by atoms with van der Waals surface area (Å²) in [5.74, 6) is 0.301. The Labute approximate surface area is 176 Å². The Balaban J connectivity index is 1.74. The molecule has 2 aliphatic heterocycles. The normalized spacial score (nSPS) is 31.7. The van der Waals surface area contributed by atoms with Gasteiger partial charge in [0, 0.05) is 18.1 Å². The molecule has 3 unspecified atom stereocenters. The number of imide groups is 1. The molecule has 2 saturated heterocycles. The minimum Gasteiger partial charge on any atom is -0.464 e. The number of nitrogens with one attached hydrogen (secondary N) is 1. The molecule has 2 heterocycles. The molecule has 0 aromatic rings. The monoisotopic (exact) mass is 425 g/mol. The number of carbonyl (C=O) groups is 4. The number of esters is 1. The Hall–Kier alpha value is -1.77. The molecule has 29 heavy (non-hydrogen) atoms. The van der Waals surface area contributed by atoms with Gasteiger partial charge in [-0.2, -0.15) is 11.8 Å². The highest BCUT2D eigenvalue weighted by Crippen LogP contribution is 2.46. The lowest BCUT2D eigenvalue weighted by Gasteiger charge is -2.43. The molecule has 3 rings (SSSR count). The lowest BCUT2D eigenvalue weighted by atomic mass is 9.64. The maximum Gasteiger partial charge on any atom is 0.329 e. The van der Waals surface area contributed by atoms with Gasteiger partial charge < -0.3 is 15.0 Å². The zero-order valence-electron chi connectivity index (χ0n) is 17.7. The molecule has 0 aromatic carbocycles. The van der Waals surface area contributed by atoms with Crippen LogP contribution >= 0.6 is 11.8 Å². The van der Waals surface area contributed by atoms with Crippen molar-refractivity contribution in [1.82, 2.24) is 15.1 Å². The first-order chi connectivity index (χ1) is 13.6. The van der Waals surface area contributed by atoms with Crippen molar-refractivity contribution < 1.29 is 23.9 Å². The highest BCUT2D eigenvalue weighted by Gasteiger charge is 2.56. The second-order valence-electron chi connectivity index (χ2n) is 9.19. The zero-order valence-corrected chi connectivity index (χ0v) is 18.5. The first-order valence-corrected chi connectivity index (χ1v) is 11.4. The van der Waals surface area contributed by atoms with Gasteiger partial charge in [-0.15, -0.1) is 0 Å². The van der Waals surface area contributed by atoms with Gasteiger partial charge in [0.05, 0.1) is 6.61 Å². The molecule has 3 fully saturated rings. The average Bonchev–Trinajstić information content (AvgIpc) is 2.83. The van der Waals surface area contributed by atoms with Gasteiger partial charge in [-0.1, -0.05) is 20.8 Å². The number of carbonyl (C=O) groups excluding carboxylic acids is 4. The van der Waals surface area contributed by atoms with E-state index in [4.69, 9.17) is 4.74 Å². The maximum atomic E-state index is 13.2. The summed E-state index contributed by atoms with van der Waals surface area (Å²) >= 11 is 1.59. The van der Waals surface area contributed by atoms with Crippen molar-refractivity contribution in [3.63, 3.8) is 0 Å². The molecule has 3 aliphatic rings. The average molecular weight is 426 g/mol. The van der Waals surface area contributed by atoms with Crippen molar-refractivity contribution in [2.75, 3.05) is 31.2 Å². The molecule has 8 nitrogen and oxygen atoms in total. The van der Waals surface area contributed by atoms with Gasteiger partial charge >= 0.3 is 12.0 Å². The molecule has 0 aromatic heterocycles. The van der Waals surface area contributed by atoms with Crippen LogP contribution in [-0.2, 0) is 19.1 Å². The van der Waals surface area contributed by atoms with Crippen molar-refractivity contribution in [2.45, 2.75) is 58.5 Å². The first kappa shape index (κ1) is 21.9. The van der Waals surface area contributed by atoms with Crippen LogP contribution in [0.4, 0.5) is 4.79 Å². The summed E-state index contributed by atoms with van der Waals surface area (Å²) in [6.45, 7) is 8.31. The van der Waals surface area contributed by atoms with Crippen LogP contribution in [0.15, 0.2) is 0 Å². The van der Waals surface area contributed by atoms with Crippen molar-refractivity contribution in [3.05, 3.63) is 0 Å². The van der Waals surface area contributed by atoms with Crippen LogP contribution in [0.25, 0.3) is 0 Å². The van der Waals surface area contributed by atoms with Crippen molar-refractivity contribution in [2.24, 2.45) is 11.3 Å². The number of thioether (sulfide) groups is 1. The quantitative estimate of drug-likeness (QED) is 0.543. The fraction of sp³-hybridized carbons (Fsp3) is 0.800. The van der Waals surface area contributed by atoms with Gasteiger partial charge in [0.1, 0.15) is 18.1 Å². The fourth-order valence-electron chi connectivity index (χ4n) is 5.21. The molecule has 4 amide bonds. The second kappa shape index (κ2) is 8.16. The van der Waals surface area contributed by atoms with Gasteiger partial charge in [-0.05, 0) is 37.5 Å². The van der Waals surface area contributed by atoms with Crippen LogP contribution in [0.3, 0.4) is 0 Å². The number of rotatable bonds is 4. The number of urea groups is 1. The minimum atomic E-state index is -0.934. The van der Waals surface area contributed by atoms with Crippen molar-refractivity contribution in [1.29, 1.82) is 0 Å². The van der Waals surface area contributed by atoms with Crippen LogP contribution < -0.4 is 5.32 Å². The van der Waals surface area contributed by atoms with Gasteiger partial charge in [0.2, 0.25) is 5.91 Å². The molecule has 0 radical (unpaired) electrons. The van der Waals surface area contributed by atoms with E-state index in [1.165, 1.54) is 4.90 Å². The van der Waals surface area contributed by atoms with Crippen molar-refractivity contribution >= 4 is 35.6 Å². The predicted octanol–water partition coefficient (Wildman–Crippen LogP) is 1.63. The highest BCUT2D eigenvalue weighted by atomic mass is 32.2. The van der Waals surface area contributed by atoms with Gasteiger partial charge in [-0.3, -0.25) is 14.5 Å². The lowest BCUT2D eigenvalue weighted by Crippen LogP contribution is -2.55. The summed E-state index contributed by atoms with van der Waals surface area (Å²) in [7, 11) is 0. The molecule has 1 aliphatic carbocycles. The summed E-state index contributed by atoms with van der Waals surface area (Å²) in [4.78, 5) is 53.6. The summed E-state index contributed by atoms with van der Waals surface area (Å²) in [6.07, 6.45) is 2.13. The van der Waals surface area contributed by atoms with E-state index in [1.54, 1.807) is 18.7 Å². The zero-order chi connectivity index (χ0) is 21.4. The van der Waals surface area contributed by atoms with Crippen molar-refractivity contribution in [3.8, 4) is 0 Å². The Morgan fingerprint density at radius 2 is 2.00 bits per heavy atom. The molecule has 3 atom stereocenters. The first-order valence-electron chi connectivity index (χ1n) is 10.3. The van der Waals surface area contributed by atoms with E-state index in [2.05, 4.69) is 26.1 Å². The van der Waals surface area contributed by atoms with E-state index >= 15 is 0 Å². The summed E-state index contributed by atoms with van der Waals surface area (Å²) in [5, 5.41) is 2.89. The summed E-state index contributed by atoms with van der Waals surface area (Å²) in [6, 6.07) is -1.20. The van der Waals surface area contributed by atoms with E-state index in [-0.39, 0.29) is 24.5 Å². The molecular formula is C20H31N3O5S. The minimum absolute atomic E-state index is 0.0697. The Morgan fingerprint density at radius 3 is 2.66 bits per heavy atom. The predicted molar refractivity (Wildman–Crippen MR) is 109 cm³/mol. The third kappa shape index (κ3) is 4.39. The smallest absolute Gasteiger partial charge is 0.329 e. The Morgan fingerprint density at radius 1 is 1.28 bits per heavy atom. The topological polar surface area (TPSA) is 96.0 Å². The van der Waals surface area contributed by atoms with E-state index < -0.39 is 29.5 Å². The third-order valence-electron chi connectivity index (χ3n) is 5.93. The summed E-state index contributed by atoms with van der Waals surface area (Å²) in [5.41, 5.74) is -1.00. The molecule has 0 bridgehead atoms. The van der Waals surface area contributed by atoms with Crippen LogP contribution in [0, 0.1) is 11.3 Å². The standard InChI is InChI=1S/C20H31N3O5S/c1-5-28-16(25)14-11-29-7-6-22(14)15(24)10-23-17(26)20(21-18(23)27)9-13(2)8-19(3,4)12-20/h13-14H,5-12H2,1-4H3,(H,21,27). The number of hydrogen-bond donors (Lipinski definition) is 1. The van der Waals surface area contributed by atoms with Gasteiger partial charge in [0.15, 0.2) is 0 Å². The Bertz CT molecular complexity index is 712. The Kier molecular flexibility index (Phi) is 6.17. The fourth-order valence-corrected chi connectivity index (χ4v) is 6.24. The number of amides is 4.